The molecule has 0 aliphatic rings. The van der Waals surface area contributed by atoms with E-state index in [0.29, 0.717) is 0 Å². The van der Waals surface area contributed by atoms with Gasteiger partial charge in [0, 0.05) is 0 Å². The predicted octanol–water partition coefficient (Wildman–Crippen LogP) is 5.62. The predicted molar refractivity (Wildman–Crippen MR) is 81.9 cm³/mol. The third-order valence-electron chi connectivity index (χ3n) is 3.38. The van der Waals surface area contributed by atoms with Crippen molar-refractivity contribution in [1.29, 1.82) is 0 Å². The molecule has 0 fully saturated rings. The Morgan fingerprint density at radius 3 is 1.83 bits per heavy atom. The Hall–Kier alpha value is -0.300. The topological polar surface area (TPSA) is 20.2 Å². The SMILES string of the molecule is CCCCCCCC/C=C\CCCCCC(C)O. The van der Waals surface area contributed by atoms with Gasteiger partial charge in [-0.25, -0.2) is 0 Å². The van der Waals surface area contributed by atoms with Gasteiger partial charge in [0.05, 0.1) is 6.10 Å². The smallest absolute Gasteiger partial charge is 0.0512 e. The van der Waals surface area contributed by atoms with Crippen LogP contribution >= 0.6 is 0 Å². The molecule has 0 bridgehead atoms. The Bertz CT molecular complexity index is 172. The maximum atomic E-state index is 9.12. The van der Waals surface area contributed by atoms with Gasteiger partial charge in [0.15, 0.2) is 0 Å². The first-order valence-electron chi connectivity index (χ1n) is 8.10. The van der Waals surface area contributed by atoms with Crippen molar-refractivity contribution in [2.45, 2.75) is 97.0 Å². The number of hydrogen-bond donors (Lipinski definition) is 1. The van der Waals surface area contributed by atoms with E-state index >= 15 is 0 Å². The van der Waals surface area contributed by atoms with Crippen LogP contribution in [0.15, 0.2) is 12.2 Å². The minimum Gasteiger partial charge on any atom is -0.393 e. The van der Waals surface area contributed by atoms with Crippen molar-refractivity contribution < 1.29 is 5.11 Å². The van der Waals surface area contributed by atoms with E-state index in [-0.39, 0.29) is 6.10 Å². The largest absolute Gasteiger partial charge is 0.393 e. The molecule has 0 spiro atoms. The van der Waals surface area contributed by atoms with Gasteiger partial charge in [-0.2, -0.15) is 0 Å². The summed E-state index contributed by atoms with van der Waals surface area (Å²) in [5, 5.41) is 9.12. The molecule has 0 saturated carbocycles. The number of allylic oxidation sites excluding steroid dienone is 2. The van der Waals surface area contributed by atoms with E-state index in [4.69, 9.17) is 5.11 Å². The van der Waals surface area contributed by atoms with E-state index in [1.165, 1.54) is 70.6 Å². The average molecular weight is 254 g/mol. The lowest BCUT2D eigenvalue weighted by Crippen LogP contribution is -1.97. The molecule has 0 amide bonds. The molecule has 1 atom stereocenters. The summed E-state index contributed by atoms with van der Waals surface area (Å²) >= 11 is 0. The lowest BCUT2D eigenvalue weighted by Gasteiger charge is -2.02. The summed E-state index contributed by atoms with van der Waals surface area (Å²) in [5.41, 5.74) is 0. The molecule has 108 valence electrons. The summed E-state index contributed by atoms with van der Waals surface area (Å²) in [7, 11) is 0. The molecular weight excluding hydrogens is 220 g/mol. The summed E-state index contributed by atoms with van der Waals surface area (Å²) in [6, 6.07) is 0. The molecule has 0 radical (unpaired) electrons. The van der Waals surface area contributed by atoms with Crippen LogP contribution in [0.3, 0.4) is 0 Å². The van der Waals surface area contributed by atoms with Gasteiger partial charge in [0.25, 0.3) is 0 Å². The van der Waals surface area contributed by atoms with Crippen molar-refractivity contribution in [3.63, 3.8) is 0 Å². The lowest BCUT2D eigenvalue weighted by molar-refractivity contribution is 0.180. The highest BCUT2D eigenvalue weighted by Crippen LogP contribution is 2.09. The second-order valence-electron chi connectivity index (χ2n) is 5.51. The first-order chi connectivity index (χ1) is 8.77. The Kier molecular flexibility index (Phi) is 14.5. The number of unbranched alkanes of at least 4 members (excludes halogenated alkanes) is 9. The molecule has 0 aliphatic carbocycles. The zero-order valence-electron chi connectivity index (χ0n) is 12.7. The molecular formula is C17H34O. The molecule has 1 nitrogen and oxygen atoms in total. The van der Waals surface area contributed by atoms with Crippen LogP contribution in [-0.2, 0) is 0 Å². The average Bonchev–Trinajstić information content (AvgIpc) is 2.34. The minimum atomic E-state index is -0.117. The molecule has 18 heavy (non-hydrogen) atoms. The quantitative estimate of drug-likeness (QED) is 0.334. The summed E-state index contributed by atoms with van der Waals surface area (Å²) in [6.07, 6.45) is 20.1. The fraction of sp³-hybridized carbons (Fsp3) is 0.882. The molecule has 0 aliphatic heterocycles. The summed E-state index contributed by atoms with van der Waals surface area (Å²) in [6.45, 7) is 4.14. The lowest BCUT2D eigenvalue weighted by atomic mass is 10.1. The number of hydrogen-bond acceptors (Lipinski definition) is 1. The molecule has 0 rings (SSSR count). The molecule has 0 saturated heterocycles. The van der Waals surface area contributed by atoms with Gasteiger partial charge in [0.1, 0.15) is 0 Å². The van der Waals surface area contributed by atoms with E-state index in [2.05, 4.69) is 19.1 Å². The van der Waals surface area contributed by atoms with Crippen LogP contribution in [-0.4, -0.2) is 11.2 Å². The van der Waals surface area contributed by atoms with Gasteiger partial charge in [-0.15, -0.1) is 0 Å². The zero-order valence-corrected chi connectivity index (χ0v) is 12.7. The maximum absolute atomic E-state index is 9.12. The van der Waals surface area contributed by atoms with Crippen LogP contribution in [0.2, 0.25) is 0 Å². The molecule has 1 N–H and O–H groups in total. The van der Waals surface area contributed by atoms with E-state index < -0.39 is 0 Å². The molecule has 0 aromatic rings. The van der Waals surface area contributed by atoms with Crippen LogP contribution in [0.4, 0.5) is 0 Å². The van der Waals surface area contributed by atoms with Crippen LogP contribution in [0.5, 0.6) is 0 Å². The van der Waals surface area contributed by atoms with Crippen molar-refractivity contribution in [2.75, 3.05) is 0 Å². The second kappa shape index (κ2) is 14.8. The molecule has 1 heteroatoms. The summed E-state index contributed by atoms with van der Waals surface area (Å²) < 4.78 is 0. The Labute approximate surface area is 115 Å². The van der Waals surface area contributed by atoms with Gasteiger partial charge in [0.2, 0.25) is 0 Å². The Morgan fingerprint density at radius 1 is 0.778 bits per heavy atom. The van der Waals surface area contributed by atoms with E-state index in [1.807, 2.05) is 6.92 Å². The standard InChI is InChI=1S/C17H34O/c1-3-4-5-6-7-8-9-10-11-12-13-14-15-16-17(2)18/h10-11,17-18H,3-9,12-16H2,1-2H3/b11-10-. The minimum absolute atomic E-state index is 0.117. The summed E-state index contributed by atoms with van der Waals surface area (Å²) in [4.78, 5) is 0. The van der Waals surface area contributed by atoms with E-state index in [9.17, 15) is 0 Å². The Morgan fingerprint density at radius 2 is 1.28 bits per heavy atom. The van der Waals surface area contributed by atoms with E-state index in [0.717, 1.165) is 6.42 Å². The van der Waals surface area contributed by atoms with Crippen molar-refractivity contribution in [2.24, 2.45) is 0 Å². The van der Waals surface area contributed by atoms with Gasteiger partial charge in [-0.05, 0) is 39.0 Å². The summed E-state index contributed by atoms with van der Waals surface area (Å²) in [5.74, 6) is 0. The molecule has 1 unspecified atom stereocenters. The fourth-order valence-electron chi connectivity index (χ4n) is 2.16. The van der Waals surface area contributed by atoms with Crippen molar-refractivity contribution in [3.8, 4) is 0 Å². The zero-order chi connectivity index (χ0) is 13.5. The Balaban J connectivity index is 3.05. The normalized spacial score (nSPS) is 13.3. The van der Waals surface area contributed by atoms with Gasteiger partial charge in [-0.1, -0.05) is 64.0 Å². The van der Waals surface area contributed by atoms with E-state index in [1.54, 1.807) is 0 Å². The second-order valence-corrected chi connectivity index (χ2v) is 5.51. The fourth-order valence-corrected chi connectivity index (χ4v) is 2.16. The van der Waals surface area contributed by atoms with Crippen LogP contribution in [0, 0.1) is 0 Å². The maximum Gasteiger partial charge on any atom is 0.0512 e. The monoisotopic (exact) mass is 254 g/mol. The van der Waals surface area contributed by atoms with Gasteiger partial charge >= 0.3 is 0 Å². The molecule has 0 heterocycles. The van der Waals surface area contributed by atoms with Crippen LogP contribution in [0.1, 0.15) is 90.9 Å². The first-order valence-corrected chi connectivity index (χ1v) is 8.10. The number of aliphatic hydroxyl groups is 1. The number of aliphatic hydroxyl groups excluding tert-OH is 1. The van der Waals surface area contributed by atoms with Crippen molar-refractivity contribution in [1.82, 2.24) is 0 Å². The first kappa shape index (κ1) is 17.7. The van der Waals surface area contributed by atoms with Crippen molar-refractivity contribution in [3.05, 3.63) is 12.2 Å². The van der Waals surface area contributed by atoms with Crippen LogP contribution in [0.25, 0.3) is 0 Å². The highest BCUT2D eigenvalue weighted by molar-refractivity contribution is 4.81. The van der Waals surface area contributed by atoms with Gasteiger partial charge in [-0.3, -0.25) is 0 Å². The highest BCUT2D eigenvalue weighted by Gasteiger charge is 1.94. The number of rotatable bonds is 13. The highest BCUT2D eigenvalue weighted by atomic mass is 16.3. The van der Waals surface area contributed by atoms with Gasteiger partial charge < -0.3 is 5.11 Å². The third kappa shape index (κ3) is 15.7. The molecule has 0 aromatic heterocycles. The molecule has 0 aromatic carbocycles. The van der Waals surface area contributed by atoms with Crippen molar-refractivity contribution >= 4 is 0 Å². The third-order valence-corrected chi connectivity index (χ3v) is 3.38. The van der Waals surface area contributed by atoms with Crippen LogP contribution < -0.4 is 0 Å².